The van der Waals surface area contributed by atoms with Crippen LogP contribution in [0.15, 0.2) is 94.8 Å². The Balaban J connectivity index is 1.76. The van der Waals surface area contributed by atoms with Crippen LogP contribution in [0.3, 0.4) is 0 Å². The SMILES string of the molecule is CC(C)c1ccc(-n2c(=O)n(Cc3ccc(F)cc3)c(=O)c3c2ncn3C(C)c2ccccc2)cc1. The number of hydrogen-bond donors (Lipinski definition) is 0. The van der Waals surface area contributed by atoms with Crippen molar-refractivity contribution in [1.82, 2.24) is 18.7 Å². The van der Waals surface area contributed by atoms with Crippen molar-refractivity contribution >= 4 is 11.2 Å². The lowest BCUT2D eigenvalue weighted by Gasteiger charge is -2.17. The number of imidazole rings is 1. The van der Waals surface area contributed by atoms with Crippen molar-refractivity contribution in [1.29, 1.82) is 0 Å². The lowest BCUT2D eigenvalue weighted by Crippen LogP contribution is -2.40. The standard InChI is InChI=1S/C29H27FN4O2/c1-19(2)22-11-15-25(16-12-22)34-27-26(33(18-31-27)20(3)23-7-5-4-6-8-23)28(35)32(29(34)36)17-21-9-13-24(30)14-10-21/h4-16,18-20H,17H2,1-3H3. The zero-order valence-electron chi connectivity index (χ0n) is 20.4. The second kappa shape index (κ2) is 9.41. The van der Waals surface area contributed by atoms with E-state index in [0.29, 0.717) is 28.3 Å². The summed E-state index contributed by atoms with van der Waals surface area (Å²) < 4.78 is 18.0. The third kappa shape index (κ3) is 4.17. The van der Waals surface area contributed by atoms with Gasteiger partial charge in [-0.25, -0.2) is 18.7 Å². The summed E-state index contributed by atoms with van der Waals surface area (Å²) in [6, 6.07) is 23.2. The van der Waals surface area contributed by atoms with Gasteiger partial charge in [0.25, 0.3) is 5.56 Å². The number of halogens is 1. The van der Waals surface area contributed by atoms with E-state index in [0.717, 1.165) is 11.1 Å². The van der Waals surface area contributed by atoms with Crippen LogP contribution < -0.4 is 11.2 Å². The molecule has 36 heavy (non-hydrogen) atoms. The van der Waals surface area contributed by atoms with Gasteiger partial charge >= 0.3 is 5.69 Å². The number of benzene rings is 3. The van der Waals surface area contributed by atoms with Gasteiger partial charge in [0.2, 0.25) is 0 Å². The summed E-state index contributed by atoms with van der Waals surface area (Å²) in [5, 5.41) is 0. The molecule has 0 radical (unpaired) electrons. The molecule has 0 amide bonds. The molecule has 2 heterocycles. The molecule has 1 unspecified atom stereocenters. The first kappa shape index (κ1) is 23.5. The molecule has 0 saturated carbocycles. The first-order chi connectivity index (χ1) is 17.3. The lowest BCUT2D eigenvalue weighted by atomic mass is 10.0. The van der Waals surface area contributed by atoms with Crippen molar-refractivity contribution in [3.8, 4) is 5.69 Å². The average Bonchev–Trinajstić information content (AvgIpc) is 3.33. The molecule has 182 valence electrons. The van der Waals surface area contributed by atoms with Gasteiger partial charge in [-0.3, -0.25) is 9.36 Å². The molecular weight excluding hydrogens is 455 g/mol. The minimum atomic E-state index is -0.494. The molecule has 1 atom stereocenters. The maximum atomic E-state index is 13.8. The van der Waals surface area contributed by atoms with Gasteiger partial charge < -0.3 is 4.57 Å². The Bertz CT molecular complexity index is 1630. The first-order valence-electron chi connectivity index (χ1n) is 12.0. The zero-order valence-corrected chi connectivity index (χ0v) is 20.4. The highest BCUT2D eigenvalue weighted by Crippen LogP contribution is 2.23. The third-order valence-corrected chi connectivity index (χ3v) is 6.63. The summed E-state index contributed by atoms with van der Waals surface area (Å²) in [7, 11) is 0. The fourth-order valence-electron chi connectivity index (χ4n) is 4.49. The van der Waals surface area contributed by atoms with Crippen LogP contribution in [0.1, 0.15) is 49.4 Å². The van der Waals surface area contributed by atoms with Crippen molar-refractivity contribution in [2.45, 2.75) is 39.3 Å². The quantitative estimate of drug-likeness (QED) is 0.331. The smallest absolute Gasteiger partial charge is 0.317 e. The molecule has 0 spiro atoms. The summed E-state index contributed by atoms with van der Waals surface area (Å²) in [6.45, 7) is 6.22. The molecule has 0 saturated heterocycles. The zero-order chi connectivity index (χ0) is 25.4. The van der Waals surface area contributed by atoms with E-state index in [9.17, 15) is 14.0 Å². The number of nitrogens with zero attached hydrogens (tertiary/aromatic N) is 4. The van der Waals surface area contributed by atoms with E-state index < -0.39 is 11.2 Å². The lowest BCUT2D eigenvalue weighted by molar-refractivity contribution is 0.623. The molecule has 0 aliphatic heterocycles. The van der Waals surface area contributed by atoms with Gasteiger partial charge in [-0.1, -0.05) is 68.4 Å². The largest absolute Gasteiger partial charge is 0.337 e. The van der Waals surface area contributed by atoms with Crippen molar-refractivity contribution < 1.29 is 4.39 Å². The Morgan fingerprint density at radius 3 is 2.14 bits per heavy atom. The molecule has 5 rings (SSSR count). The van der Waals surface area contributed by atoms with E-state index in [2.05, 4.69) is 18.8 Å². The molecular formula is C29H27FN4O2. The summed E-state index contributed by atoms with van der Waals surface area (Å²) in [4.78, 5) is 32.1. The summed E-state index contributed by atoms with van der Waals surface area (Å²) in [5.41, 5.74) is 3.15. The van der Waals surface area contributed by atoms with Crippen LogP contribution in [-0.2, 0) is 6.54 Å². The van der Waals surface area contributed by atoms with Gasteiger partial charge in [-0.05, 0) is 53.8 Å². The highest BCUT2D eigenvalue weighted by molar-refractivity contribution is 5.73. The molecule has 2 aromatic heterocycles. The molecule has 0 aliphatic carbocycles. The number of rotatable bonds is 6. The van der Waals surface area contributed by atoms with E-state index in [1.807, 2.05) is 66.1 Å². The predicted molar refractivity (Wildman–Crippen MR) is 139 cm³/mol. The fraction of sp³-hybridized carbons (Fsp3) is 0.207. The predicted octanol–water partition coefficient (Wildman–Crippen LogP) is 5.27. The Kier molecular flexibility index (Phi) is 6.14. The van der Waals surface area contributed by atoms with Gasteiger partial charge in [-0.2, -0.15) is 0 Å². The van der Waals surface area contributed by atoms with Gasteiger partial charge in [0.15, 0.2) is 11.2 Å². The van der Waals surface area contributed by atoms with Crippen LogP contribution in [0.2, 0.25) is 0 Å². The van der Waals surface area contributed by atoms with Crippen LogP contribution in [0.5, 0.6) is 0 Å². The molecule has 6 nitrogen and oxygen atoms in total. The van der Waals surface area contributed by atoms with E-state index in [4.69, 9.17) is 0 Å². The minimum Gasteiger partial charge on any atom is -0.317 e. The Morgan fingerprint density at radius 2 is 1.50 bits per heavy atom. The van der Waals surface area contributed by atoms with Gasteiger partial charge in [0, 0.05) is 0 Å². The molecule has 0 N–H and O–H groups in total. The van der Waals surface area contributed by atoms with E-state index >= 15 is 0 Å². The molecule has 0 fully saturated rings. The Morgan fingerprint density at radius 1 is 0.833 bits per heavy atom. The van der Waals surface area contributed by atoms with Crippen LogP contribution in [-0.4, -0.2) is 18.7 Å². The van der Waals surface area contributed by atoms with Crippen LogP contribution in [0.4, 0.5) is 4.39 Å². The van der Waals surface area contributed by atoms with E-state index in [1.54, 1.807) is 18.5 Å². The molecule has 3 aromatic carbocycles. The number of fused-ring (bicyclic) bond motifs is 1. The fourth-order valence-corrected chi connectivity index (χ4v) is 4.49. The Labute approximate surface area is 207 Å². The maximum Gasteiger partial charge on any atom is 0.337 e. The van der Waals surface area contributed by atoms with Crippen molar-refractivity contribution in [2.75, 3.05) is 0 Å². The highest BCUT2D eigenvalue weighted by Gasteiger charge is 2.22. The third-order valence-electron chi connectivity index (χ3n) is 6.63. The second-order valence-corrected chi connectivity index (χ2v) is 9.29. The summed E-state index contributed by atoms with van der Waals surface area (Å²) in [5.74, 6) is -0.0342. The molecule has 5 aromatic rings. The van der Waals surface area contributed by atoms with Crippen molar-refractivity contribution in [3.63, 3.8) is 0 Å². The van der Waals surface area contributed by atoms with E-state index in [1.165, 1.54) is 21.3 Å². The minimum absolute atomic E-state index is 0.0167. The summed E-state index contributed by atoms with van der Waals surface area (Å²) in [6.07, 6.45) is 1.62. The van der Waals surface area contributed by atoms with Crippen molar-refractivity contribution in [3.05, 3.63) is 129 Å². The average molecular weight is 483 g/mol. The topological polar surface area (TPSA) is 61.8 Å². The van der Waals surface area contributed by atoms with Gasteiger partial charge in [-0.15, -0.1) is 0 Å². The second-order valence-electron chi connectivity index (χ2n) is 9.29. The van der Waals surface area contributed by atoms with Crippen LogP contribution >= 0.6 is 0 Å². The normalized spacial score (nSPS) is 12.4. The molecule has 7 heteroatoms. The van der Waals surface area contributed by atoms with Gasteiger partial charge in [0.1, 0.15) is 5.82 Å². The van der Waals surface area contributed by atoms with E-state index in [-0.39, 0.29) is 18.4 Å². The highest BCUT2D eigenvalue weighted by atomic mass is 19.1. The van der Waals surface area contributed by atoms with Crippen molar-refractivity contribution in [2.24, 2.45) is 0 Å². The Hall–Kier alpha value is -4.26. The van der Waals surface area contributed by atoms with Gasteiger partial charge in [0.05, 0.1) is 24.6 Å². The maximum absolute atomic E-state index is 13.8. The monoisotopic (exact) mass is 482 g/mol. The van der Waals surface area contributed by atoms with Crippen LogP contribution in [0, 0.1) is 5.82 Å². The first-order valence-corrected chi connectivity index (χ1v) is 12.0. The van der Waals surface area contributed by atoms with Crippen LogP contribution in [0.25, 0.3) is 16.9 Å². The number of hydrogen-bond acceptors (Lipinski definition) is 3. The number of aromatic nitrogens is 4. The molecule has 0 aliphatic rings. The summed E-state index contributed by atoms with van der Waals surface area (Å²) >= 11 is 0. The molecule has 0 bridgehead atoms.